The molecule has 0 aliphatic heterocycles. The maximum absolute atomic E-state index is 12.7. The second kappa shape index (κ2) is 7.78. The van der Waals surface area contributed by atoms with Crippen molar-refractivity contribution in [3.63, 3.8) is 0 Å². The van der Waals surface area contributed by atoms with Gasteiger partial charge in [0.25, 0.3) is 5.56 Å². The molecule has 140 valence electrons. The molecule has 0 aliphatic rings. The summed E-state index contributed by atoms with van der Waals surface area (Å²) in [6, 6.07) is 17.6. The molecule has 0 aliphatic carbocycles. The monoisotopic (exact) mass is 389 g/mol. The molecule has 28 heavy (non-hydrogen) atoms. The highest BCUT2D eigenvalue weighted by Gasteiger charge is 2.11. The van der Waals surface area contributed by atoms with E-state index in [2.05, 4.69) is 10.1 Å². The van der Waals surface area contributed by atoms with Crippen molar-refractivity contribution in [2.45, 2.75) is 20.5 Å². The van der Waals surface area contributed by atoms with Crippen molar-refractivity contribution in [1.82, 2.24) is 9.66 Å². The summed E-state index contributed by atoms with van der Waals surface area (Å²) in [5.74, 6) is 0.748. The van der Waals surface area contributed by atoms with Gasteiger partial charge in [0.15, 0.2) is 0 Å². The van der Waals surface area contributed by atoms with Crippen LogP contribution in [0.25, 0.3) is 10.2 Å². The van der Waals surface area contributed by atoms with Gasteiger partial charge in [-0.2, -0.15) is 9.78 Å². The fourth-order valence-corrected chi connectivity index (χ4v) is 3.85. The molecule has 2 aromatic heterocycles. The lowest BCUT2D eigenvalue weighted by molar-refractivity contribution is 0.306. The van der Waals surface area contributed by atoms with Crippen molar-refractivity contribution in [2.75, 3.05) is 0 Å². The fraction of sp³-hybridized carbons (Fsp3) is 0.136. The maximum Gasteiger partial charge on any atom is 0.282 e. The van der Waals surface area contributed by atoms with E-state index in [4.69, 9.17) is 4.74 Å². The molecule has 0 radical (unpaired) electrons. The zero-order chi connectivity index (χ0) is 19.5. The molecule has 0 fully saturated rings. The van der Waals surface area contributed by atoms with Gasteiger partial charge in [-0.15, -0.1) is 11.3 Å². The van der Waals surface area contributed by atoms with Crippen LogP contribution in [0.15, 0.2) is 70.8 Å². The third-order valence-corrected chi connectivity index (χ3v) is 5.63. The predicted octanol–water partition coefficient (Wildman–Crippen LogP) is 4.54. The van der Waals surface area contributed by atoms with Crippen molar-refractivity contribution < 1.29 is 4.74 Å². The topological polar surface area (TPSA) is 56.5 Å². The van der Waals surface area contributed by atoms with Gasteiger partial charge in [0.05, 0.1) is 11.6 Å². The summed E-state index contributed by atoms with van der Waals surface area (Å²) in [5.41, 5.74) is 2.77. The van der Waals surface area contributed by atoms with E-state index in [-0.39, 0.29) is 5.56 Å². The van der Waals surface area contributed by atoms with Gasteiger partial charge in [0, 0.05) is 4.88 Å². The Balaban J connectivity index is 1.55. The molecule has 4 rings (SSSR count). The number of aryl methyl sites for hydroxylation is 2. The first kappa shape index (κ1) is 18.1. The second-order valence-corrected chi connectivity index (χ2v) is 7.65. The van der Waals surface area contributed by atoms with E-state index in [1.165, 1.54) is 22.3 Å². The zero-order valence-corrected chi connectivity index (χ0v) is 16.4. The Bertz CT molecular complexity index is 1210. The summed E-state index contributed by atoms with van der Waals surface area (Å²) in [7, 11) is 0. The first-order chi connectivity index (χ1) is 13.6. The predicted molar refractivity (Wildman–Crippen MR) is 114 cm³/mol. The highest BCUT2D eigenvalue weighted by atomic mass is 32.1. The van der Waals surface area contributed by atoms with Crippen LogP contribution in [-0.4, -0.2) is 15.9 Å². The van der Waals surface area contributed by atoms with Crippen molar-refractivity contribution >= 4 is 27.8 Å². The summed E-state index contributed by atoms with van der Waals surface area (Å²) < 4.78 is 7.12. The average Bonchev–Trinajstić information content (AvgIpc) is 3.01. The molecule has 0 atom stereocenters. The van der Waals surface area contributed by atoms with Crippen molar-refractivity contribution in [3.05, 3.63) is 92.8 Å². The Morgan fingerprint density at radius 3 is 2.79 bits per heavy atom. The molecule has 5 nitrogen and oxygen atoms in total. The SMILES string of the molecule is Cc1sc2ncn(/N=C/c3cccc(OCc4ccccc4)c3)c(=O)c2c1C. The van der Waals surface area contributed by atoms with Crippen LogP contribution in [-0.2, 0) is 6.61 Å². The van der Waals surface area contributed by atoms with Crippen LogP contribution in [0.5, 0.6) is 5.75 Å². The normalized spacial score (nSPS) is 11.4. The van der Waals surface area contributed by atoms with E-state index in [0.29, 0.717) is 12.0 Å². The minimum absolute atomic E-state index is 0.153. The Hall–Kier alpha value is -3.25. The standard InChI is InChI=1S/C22H19N3O2S/c1-15-16(2)28-21-20(15)22(26)25(14-23-21)24-12-18-9-6-10-19(11-18)27-13-17-7-4-3-5-8-17/h3-12,14H,13H2,1-2H3/b24-12+. The van der Waals surface area contributed by atoms with Crippen LogP contribution in [0.1, 0.15) is 21.6 Å². The number of rotatable bonds is 5. The highest BCUT2D eigenvalue weighted by molar-refractivity contribution is 7.18. The van der Waals surface area contributed by atoms with E-state index >= 15 is 0 Å². The van der Waals surface area contributed by atoms with Gasteiger partial charge >= 0.3 is 0 Å². The van der Waals surface area contributed by atoms with Gasteiger partial charge in [-0.1, -0.05) is 42.5 Å². The Morgan fingerprint density at radius 2 is 1.96 bits per heavy atom. The van der Waals surface area contributed by atoms with E-state index in [1.807, 2.05) is 68.4 Å². The molecule has 4 aromatic rings. The van der Waals surface area contributed by atoms with Crippen molar-refractivity contribution in [2.24, 2.45) is 5.10 Å². The van der Waals surface area contributed by atoms with Crippen LogP contribution >= 0.6 is 11.3 Å². The first-order valence-corrected chi connectivity index (χ1v) is 9.72. The van der Waals surface area contributed by atoms with Gasteiger partial charge in [-0.3, -0.25) is 4.79 Å². The molecular formula is C22H19N3O2S. The lowest BCUT2D eigenvalue weighted by Gasteiger charge is -2.06. The summed E-state index contributed by atoms with van der Waals surface area (Å²) in [6.45, 7) is 4.44. The zero-order valence-electron chi connectivity index (χ0n) is 15.6. The number of benzene rings is 2. The van der Waals surface area contributed by atoms with Crippen LogP contribution in [0.3, 0.4) is 0 Å². The fourth-order valence-electron chi connectivity index (χ4n) is 2.86. The van der Waals surface area contributed by atoms with Crippen molar-refractivity contribution in [3.8, 4) is 5.75 Å². The largest absolute Gasteiger partial charge is 0.489 e. The highest BCUT2D eigenvalue weighted by Crippen LogP contribution is 2.25. The molecule has 0 bridgehead atoms. The third kappa shape index (κ3) is 3.73. The molecule has 6 heteroatoms. The summed E-state index contributed by atoms with van der Waals surface area (Å²) in [6.07, 6.45) is 3.10. The Labute approximate surface area is 166 Å². The summed E-state index contributed by atoms with van der Waals surface area (Å²) >= 11 is 1.53. The number of aromatic nitrogens is 2. The van der Waals surface area contributed by atoms with Gasteiger partial charge in [0.1, 0.15) is 23.5 Å². The van der Waals surface area contributed by atoms with Gasteiger partial charge in [-0.25, -0.2) is 4.98 Å². The molecule has 0 amide bonds. The van der Waals surface area contributed by atoms with Crippen molar-refractivity contribution in [1.29, 1.82) is 0 Å². The van der Waals surface area contributed by atoms with Gasteiger partial charge < -0.3 is 4.74 Å². The molecule has 0 spiro atoms. The molecule has 0 saturated heterocycles. The number of ether oxygens (including phenoxy) is 1. The van der Waals surface area contributed by atoms with Crippen LogP contribution in [0, 0.1) is 13.8 Å². The average molecular weight is 389 g/mol. The van der Waals surface area contributed by atoms with Crippen LogP contribution in [0.4, 0.5) is 0 Å². The first-order valence-electron chi connectivity index (χ1n) is 8.90. The summed E-state index contributed by atoms with van der Waals surface area (Å²) in [5, 5.41) is 4.94. The van der Waals surface area contributed by atoms with Gasteiger partial charge in [0.2, 0.25) is 0 Å². The van der Waals surface area contributed by atoms with Crippen LogP contribution in [0.2, 0.25) is 0 Å². The molecule has 0 unspecified atom stereocenters. The number of fused-ring (bicyclic) bond motifs is 1. The quantitative estimate of drug-likeness (QED) is 0.471. The maximum atomic E-state index is 12.7. The molecular weight excluding hydrogens is 370 g/mol. The lowest BCUT2D eigenvalue weighted by Crippen LogP contribution is -2.16. The van der Waals surface area contributed by atoms with E-state index < -0.39 is 0 Å². The number of hydrogen-bond acceptors (Lipinski definition) is 5. The van der Waals surface area contributed by atoms with E-state index in [9.17, 15) is 4.79 Å². The second-order valence-electron chi connectivity index (χ2n) is 6.45. The van der Waals surface area contributed by atoms with E-state index in [0.717, 1.165) is 32.1 Å². The minimum atomic E-state index is -0.153. The number of hydrogen-bond donors (Lipinski definition) is 0. The Kier molecular flexibility index (Phi) is 5.04. The lowest BCUT2D eigenvalue weighted by atomic mass is 10.2. The minimum Gasteiger partial charge on any atom is -0.489 e. The molecule has 0 N–H and O–H groups in total. The van der Waals surface area contributed by atoms with E-state index in [1.54, 1.807) is 6.21 Å². The van der Waals surface area contributed by atoms with Gasteiger partial charge in [-0.05, 0) is 42.7 Å². The molecule has 0 saturated carbocycles. The molecule has 2 aromatic carbocycles. The third-order valence-electron chi connectivity index (χ3n) is 4.51. The number of thiophene rings is 1. The Morgan fingerprint density at radius 1 is 1.14 bits per heavy atom. The summed E-state index contributed by atoms with van der Waals surface area (Å²) in [4.78, 5) is 18.9. The number of nitrogens with zero attached hydrogens (tertiary/aromatic N) is 3. The van der Waals surface area contributed by atoms with Crippen LogP contribution < -0.4 is 10.3 Å². The molecule has 2 heterocycles. The smallest absolute Gasteiger partial charge is 0.282 e.